The first-order valence-electron chi connectivity index (χ1n) is 7.57. The predicted octanol–water partition coefficient (Wildman–Crippen LogP) is 2.74. The minimum atomic E-state index is 0.775. The van der Waals surface area contributed by atoms with Crippen molar-refractivity contribution in [2.45, 2.75) is 59.0 Å². The van der Waals surface area contributed by atoms with Crippen LogP contribution in [0.4, 0.5) is 0 Å². The van der Waals surface area contributed by atoms with Gasteiger partial charge in [0.2, 0.25) is 0 Å². The van der Waals surface area contributed by atoms with Crippen LogP contribution in [-0.2, 0) is 0 Å². The monoisotopic (exact) mass is 238 g/mol. The van der Waals surface area contributed by atoms with Gasteiger partial charge in [-0.05, 0) is 50.1 Å². The maximum atomic E-state index is 3.87. The lowest BCUT2D eigenvalue weighted by Crippen LogP contribution is -2.42. The summed E-state index contributed by atoms with van der Waals surface area (Å²) in [6, 6.07) is 1.63. The molecule has 2 aliphatic heterocycles. The number of hydrogen-bond acceptors (Lipinski definition) is 2. The first-order valence-corrected chi connectivity index (χ1v) is 7.57. The highest BCUT2D eigenvalue weighted by molar-refractivity contribution is 4.95. The first-order chi connectivity index (χ1) is 8.09. The minimum Gasteiger partial charge on any atom is -0.312 e. The summed E-state index contributed by atoms with van der Waals surface area (Å²) in [6.07, 6.45) is 4.21. The minimum absolute atomic E-state index is 0.775. The third-order valence-electron chi connectivity index (χ3n) is 4.93. The molecule has 2 nitrogen and oxygen atoms in total. The molecule has 2 fully saturated rings. The van der Waals surface area contributed by atoms with E-state index in [9.17, 15) is 0 Å². The molecule has 0 aliphatic carbocycles. The van der Waals surface area contributed by atoms with Crippen LogP contribution in [0.2, 0.25) is 0 Å². The SMILES string of the molecule is CC(C)C(CNC1CCN2CCCC12)C(C)C. The molecule has 0 spiro atoms. The van der Waals surface area contributed by atoms with E-state index in [2.05, 4.69) is 37.9 Å². The van der Waals surface area contributed by atoms with Crippen LogP contribution in [0.25, 0.3) is 0 Å². The summed E-state index contributed by atoms with van der Waals surface area (Å²) < 4.78 is 0. The molecule has 2 saturated heterocycles. The number of nitrogens with one attached hydrogen (secondary N) is 1. The molecule has 2 rings (SSSR count). The molecule has 0 bridgehead atoms. The van der Waals surface area contributed by atoms with Gasteiger partial charge in [-0.15, -0.1) is 0 Å². The largest absolute Gasteiger partial charge is 0.312 e. The van der Waals surface area contributed by atoms with Crippen molar-refractivity contribution in [3.8, 4) is 0 Å². The van der Waals surface area contributed by atoms with Gasteiger partial charge in [0.25, 0.3) is 0 Å². The van der Waals surface area contributed by atoms with Gasteiger partial charge in [0.15, 0.2) is 0 Å². The molecule has 2 unspecified atom stereocenters. The average Bonchev–Trinajstić information content (AvgIpc) is 2.80. The second-order valence-electron chi connectivity index (χ2n) is 6.70. The van der Waals surface area contributed by atoms with E-state index in [4.69, 9.17) is 0 Å². The Balaban J connectivity index is 1.81. The van der Waals surface area contributed by atoms with E-state index >= 15 is 0 Å². The summed E-state index contributed by atoms with van der Waals surface area (Å²) in [5.41, 5.74) is 0. The second kappa shape index (κ2) is 5.71. The third-order valence-corrected chi connectivity index (χ3v) is 4.93. The first kappa shape index (κ1) is 13.4. The molecular formula is C15H30N2. The normalized spacial score (nSPS) is 29.8. The molecular weight excluding hydrogens is 208 g/mol. The molecule has 0 amide bonds. The Morgan fingerprint density at radius 2 is 1.76 bits per heavy atom. The van der Waals surface area contributed by atoms with E-state index in [1.54, 1.807) is 0 Å². The van der Waals surface area contributed by atoms with Crippen LogP contribution < -0.4 is 5.32 Å². The fraction of sp³-hybridized carbons (Fsp3) is 1.00. The molecule has 2 atom stereocenters. The highest BCUT2D eigenvalue weighted by Gasteiger charge is 2.37. The Morgan fingerprint density at radius 3 is 2.41 bits per heavy atom. The summed E-state index contributed by atoms with van der Waals surface area (Å²) >= 11 is 0. The lowest BCUT2D eigenvalue weighted by atomic mass is 9.85. The smallest absolute Gasteiger partial charge is 0.0250 e. The Hall–Kier alpha value is -0.0800. The zero-order valence-electron chi connectivity index (χ0n) is 12.1. The van der Waals surface area contributed by atoms with Crippen LogP contribution in [-0.4, -0.2) is 36.6 Å². The van der Waals surface area contributed by atoms with Crippen molar-refractivity contribution in [1.82, 2.24) is 10.2 Å². The Labute approximate surface area is 107 Å². The van der Waals surface area contributed by atoms with Crippen molar-refractivity contribution < 1.29 is 0 Å². The number of hydrogen-bond donors (Lipinski definition) is 1. The van der Waals surface area contributed by atoms with Crippen molar-refractivity contribution >= 4 is 0 Å². The van der Waals surface area contributed by atoms with Gasteiger partial charge in [0, 0.05) is 18.6 Å². The summed E-state index contributed by atoms with van der Waals surface area (Å²) in [5, 5.41) is 3.87. The summed E-state index contributed by atoms with van der Waals surface area (Å²) in [7, 11) is 0. The van der Waals surface area contributed by atoms with Crippen LogP contribution >= 0.6 is 0 Å². The van der Waals surface area contributed by atoms with Crippen LogP contribution in [0.1, 0.15) is 47.0 Å². The molecule has 2 heterocycles. The van der Waals surface area contributed by atoms with E-state index in [1.807, 2.05) is 0 Å². The Bertz CT molecular complexity index is 229. The van der Waals surface area contributed by atoms with Gasteiger partial charge in [-0.3, -0.25) is 4.90 Å². The van der Waals surface area contributed by atoms with Crippen LogP contribution in [0, 0.1) is 17.8 Å². The Morgan fingerprint density at radius 1 is 1.06 bits per heavy atom. The molecule has 0 aromatic heterocycles. The van der Waals surface area contributed by atoms with E-state index in [1.165, 1.54) is 38.9 Å². The quantitative estimate of drug-likeness (QED) is 0.792. The van der Waals surface area contributed by atoms with Gasteiger partial charge >= 0.3 is 0 Å². The average molecular weight is 238 g/mol. The number of nitrogens with zero attached hydrogens (tertiary/aromatic N) is 1. The van der Waals surface area contributed by atoms with E-state index in [-0.39, 0.29) is 0 Å². The van der Waals surface area contributed by atoms with E-state index in [0.29, 0.717) is 0 Å². The lowest BCUT2D eigenvalue weighted by molar-refractivity contribution is 0.247. The highest BCUT2D eigenvalue weighted by atomic mass is 15.2. The molecule has 0 aromatic rings. The highest BCUT2D eigenvalue weighted by Crippen LogP contribution is 2.28. The van der Waals surface area contributed by atoms with Crippen LogP contribution in [0.5, 0.6) is 0 Å². The van der Waals surface area contributed by atoms with Crippen molar-refractivity contribution in [3.63, 3.8) is 0 Å². The van der Waals surface area contributed by atoms with Gasteiger partial charge in [0.05, 0.1) is 0 Å². The molecule has 0 aromatic carbocycles. The summed E-state index contributed by atoms with van der Waals surface area (Å²) in [4.78, 5) is 2.69. The second-order valence-corrected chi connectivity index (χ2v) is 6.70. The van der Waals surface area contributed by atoms with Crippen molar-refractivity contribution in [3.05, 3.63) is 0 Å². The van der Waals surface area contributed by atoms with Crippen LogP contribution in [0.3, 0.4) is 0 Å². The molecule has 0 radical (unpaired) electrons. The summed E-state index contributed by atoms with van der Waals surface area (Å²) in [5.74, 6) is 2.41. The molecule has 2 heteroatoms. The van der Waals surface area contributed by atoms with Gasteiger partial charge in [-0.1, -0.05) is 27.7 Å². The maximum absolute atomic E-state index is 3.87. The Kier molecular flexibility index (Phi) is 4.48. The molecule has 100 valence electrons. The molecule has 2 aliphatic rings. The number of rotatable bonds is 5. The fourth-order valence-electron chi connectivity index (χ4n) is 3.85. The maximum Gasteiger partial charge on any atom is 0.0250 e. The van der Waals surface area contributed by atoms with Gasteiger partial charge in [-0.25, -0.2) is 0 Å². The van der Waals surface area contributed by atoms with Gasteiger partial charge < -0.3 is 5.32 Å². The van der Waals surface area contributed by atoms with Crippen molar-refractivity contribution in [2.75, 3.05) is 19.6 Å². The number of fused-ring (bicyclic) bond motifs is 1. The zero-order chi connectivity index (χ0) is 12.4. The lowest BCUT2D eigenvalue weighted by Gasteiger charge is -2.29. The topological polar surface area (TPSA) is 15.3 Å². The summed E-state index contributed by atoms with van der Waals surface area (Å²) in [6.45, 7) is 13.3. The van der Waals surface area contributed by atoms with Gasteiger partial charge in [-0.2, -0.15) is 0 Å². The van der Waals surface area contributed by atoms with Crippen LogP contribution in [0.15, 0.2) is 0 Å². The zero-order valence-corrected chi connectivity index (χ0v) is 12.1. The standard InChI is InChI=1S/C15H30N2/c1-11(2)13(12(3)4)10-16-14-7-9-17-8-5-6-15(14)17/h11-16H,5-10H2,1-4H3. The van der Waals surface area contributed by atoms with E-state index < -0.39 is 0 Å². The van der Waals surface area contributed by atoms with Crippen molar-refractivity contribution in [1.29, 1.82) is 0 Å². The predicted molar refractivity (Wildman–Crippen MR) is 74.2 cm³/mol. The van der Waals surface area contributed by atoms with Crippen molar-refractivity contribution in [2.24, 2.45) is 17.8 Å². The van der Waals surface area contributed by atoms with E-state index in [0.717, 1.165) is 29.8 Å². The molecule has 0 saturated carbocycles. The molecule has 1 N–H and O–H groups in total. The third kappa shape index (κ3) is 3.03. The van der Waals surface area contributed by atoms with Gasteiger partial charge in [0.1, 0.15) is 0 Å². The fourth-order valence-corrected chi connectivity index (χ4v) is 3.85. The molecule has 17 heavy (non-hydrogen) atoms.